The molecule has 3 rings (SSSR count). The van der Waals surface area contributed by atoms with Gasteiger partial charge in [0.2, 0.25) is 11.8 Å². The summed E-state index contributed by atoms with van der Waals surface area (Å²) in [6, 6.07) is 9.18. The lowest BCUT2D eigenvalue weighted by Crippen LogP contribution is -2.34. The van der Waals surface area contributed by atoms with Gasteiger partial charge in [0, 0.05) is 30.4 Å². The van der Waals surface area contributed by atoms with Crippen molar-refractivity contribution in [3.63, 3.8) is 0 Å². The van der Waals surface area contributed by atoms with Crippen molar-refractivity contribution >= 4 is 29.3 Å². The number of amides is 2. The fourth-order valence-corrected chi connectivity index (χ4v) is 2.71. The van der Waals surface area contributed by atoms with E-state index in [9.17, 15) is 9.59 Å². The number of fused-ring (bicyclic) bond motifs is 1. The summed E-state index contributed by atoms with van der Waals surface area (Å²) in [6.45, 7) is 2.62. The van der Waals surface area contributed by atoms with Gasteiger partial charge in [0.15, 0.2) is 0 Å². The Kier molecular flexibility index (Phi) is 4.28. The Labute approximate surface area is 134 Å². The predicted octanol–water partition coefficient (Wildman–Crippen LogP) is 3.23. The van der Waals surface area contributed by atoms with Crippen LogP contribution in [-0.4, -0.2) is 18.4 Å². The summed E-state index contributed by atoms with van der Waals surface area (Å²) >= 11 is 0. The number of furan rings is 1. The quantitative estimate of drug-likeness (QED) is 0.882. The van der Waals surface area contributed by atoms with Crippen LogP contribution in [0.25, 0.3) is 6.08 Å². The molecule has 2 amide bonds. The molecule has 0 fully saturated rings. The van der Waals surface area contributed by atoms with Crippen LogP contribution >= 0.6 is 0 Å². The van der Waals surface area contributed by atoms with E-state index in [-0.39, 0.29) is 11.8 Å². The van der Waals surface area contributed by atoms with E-state index in [1.807, 2.05) is 25.1 Å². The van der Waals surface area contributed by atoms with Crippen LogP contribution in [0.5, 0.6) is 0 Å². The number of nitrogens with one attached hydrogen (secondary N) is 1. The normalized spacial score (nSPS) is 14.1. The molecular formula is C18H18N2O3. The minimum Gasteiger partial charge on any atom is -0.465 e. The molecule has 0 aliphatic carbocycles. The van der Waals surface area contributed by atoms with Crippen molar-refractivity contribution in [1.82, 2.24) is 0 Å². The second kappa shape index (κ2) is 6.52. The predicted molar refractivity (Wildman–Crippen MR) is 89.2 cm³/mol. The lowest BCUT2D eigenvalue weighted by molar-refractivity contribution is -0.118. The van der Waals surface area contributed by atoms with E-state index >= 15 is 0 Å². The molecule has 5 heteroatoms. The smallest absolute Gasteiger partial charge is 0.248 e. The molecule has 0 atom stereocenters. The van der Waals surface area contributed by atoms with E-state index in [4.69, 9.17) is 4.42 Å². The van der Waals surface area contributed by atoms with Crippen LogP contribution in [-0.2, 0) is 16.0 Å². The zero-order valence-corrected chi connectivity index (χ0v) is 12.9. The summed E-state index contributed by atoms with van der Waals surface area (Å²) in [4.78, 5) is 25.6. The van der Waals surface area contributed by atoms with Gasteiger partial charge in [0.1, 0.15) is 5.76 Å². The van der Waals surface area contributed by atoms with Crippen molar-refractivity contribution < 1.29 is 14.0 Å². The van der Waals surface area contributed by atoms with E-state index in [2.05, 4.69) is 5.32 Å². The molecule has 118 valence electrons. The van der Waals surface area contributed by atoms with Crippen molar-refractivity contribution in [2.75, 3.05) is 16.8 Å². The van der Waals surface area contributed by atoms with Gasteiger partial charge in [-0.15, -0.1) is 0 Å². The summed E-state index contributed by atoms with van der Waals surface area (Å²) in [5, 5.41) is 2.83. The maximum Gasteiger partial charge on any atom is 0.248 e. The van der Waals surface area contributed by atoms with Gasteiger partial charge in [-0.05, 0) is 55.3 Å². The van der Waals surface area contributed by atoms with Crippen LogP contribution in [0.15, 0.2) is 47.1 Å². The second-order valence-corrected chi connectivity index (χ2v) is 5.32. The molecular weight excluding hydrogens is 292 g/mol. The third-order valence-corrected chi connectivity index (χ3v) is 3.81. The number of carbonyl (C=O) groups excluding carboxylic acids is 2. The molecule has 1 aromatic heterocycles. The Hall–Kier alpha value is -2.82. The number of hydrogen-bond donors (Lipinski definition) is 1. The molecule has 0 bridgehead atoms. The van der Waals surface area contributed by atoms with E-state index in [1.165, 1.54) is 6.08 Å². The van der Waals surface area contributed by atoms with Gasteiger partial charge >= 0.3 is 0 Å². The highest BCUT2D eigenvalue weighted by Gasteiger charge is 2.22. The molecule has 0 radical (unpaired) electrons. The molecule has 0 unspecified atom stereocenters. The molecule has 0 spiro atoms. The molecule has 0 saturated heterocycles. The Morgan fingerprint density at radius 3 is 2.96 bits per heavy atom. The first kappa shape index (κ1) is 15.1. The number of hydrogen-bond acceptors (Lipinski definition) is 3. The van der Waals surface area contributed by atoms with E-state index in [1.54, 1.807) is 29.4 Å². The number of anilines is 2. The Morgan fingerprint density at radius 2 is 2.22 bits per heavy atom. The minimum atomic E-state index is -0.222. The molecule has 1 aliphatic rings. The highest BCUT2D eigenvalue weighted by molar-refractivity contribution is 6.02. The zero-order chi connectivity index (χ0) is 16.2. The Balaban J connectivity index is 1.72. The summed E-state index contributed by atoms with van der Waals surface area (Å²) < 4.78 is 5.14. The van der Waals surface area contributed by atoms with Crippen LogP contribution in [0.2, 0.25) is 0 Å². The van der Waals surface area contributed by atoms with Gasteiger partial charge in [-0.25, -0.2) is 0 Å². The third-order valence-electron chi connectivity index (χ3n) is 3.81. The first-order valence-electron chi connectivity index (χ1n) is 7.63. The monoisotopic (exact) mass is 310 g/mol. The van der Waals surface area contributed by atoms with Crippen molar-refractivity contribution in [1.29, 1.82) is 0 Å². The van der Waals surface area contributed by atoms with Crippen molar-refractivity contribution in [3.05, 3.63) is 54.0 Å². The third kappa shape index (κ3) is 3.34. The number of nitrogens with zero attached hydrogens (tertiary/aromatic N) is 1. The lowest BCUT2D eigenvalue weighted by Gasteiger charge is -2.28. The van der Waals surface area contributed by atoms with Gasteiger partial charge in [-0.2, -0.15) is 0 Å². The summed E-state index contributed by atoms with van der Waals surface area (Å²) in [7, 11) is 0. The second-order valence-electron chi connectivity index (χ2n) is 5.32. The van der Waals surface area contributed by atoms with Crippen LogP contribution < -0.4 is 10.2 Å². The Bertz CT molecular complexity index is 748. The summed E-state index contributed by atoms with van der Waals surface area (Å²) in [5.74, 6) is 0.557. The highest BCUT2D eigenvalue weighted by Crippen LogP contribution is 2.30. The van der Waals surface area contributed by atoms with Crippen LogP contribution in [0.1, 0.15) is 24.7 Å². The molecule has 1 N–H and O–H groups in total. The zero-order valence-electron chi connectivity index (χ0n) is 12.9. The van der Waals surface area contributed by atoms with Gasteiger partial charge < -0.3 is 14.6 Å². The lowest BCUT2D eigenvalue weighted by atomic mass is 10.0. The standard InChI is InChI=1S/C18H18N2O3/c1-2-20-16-8-6-14(12-13(16)5-10-18(20)22)19-17(21)9-7-15-4-3-11-23-15/h3-4,6-9,11-12H,2,5,10H2,1H3,(H,19,21)/b9-7+. The van der Waals surface area contributed by atoms with E-state index in [0.717, 1.165) is 16.9 Å². The largest absolute Gasteiger partial charge is 0.465 e. The number of benzene rings is 1. The first-order valence-corrected chi connectivity index (χ1v) is 7.63. The maximum atomic E-state index is 11.9. The number of carbonyl (C=O) groups is 2. The van der Waals surface area contributed by atoms with Crippen LogP contribution in [0.3, 0.4) is 0 Å². The molecule has 5 nitrogen and oxygen atoms in total. The van der Waals surface area contributed by atoms with Gasteiger partial charge in [-0.3, -0.25) is 9.59 Å². The van der Waals surface area contributed by atoms with Crippen molar-refractivity contribution in [3.8, 4) is 0 Å². The number of rotatable bonds is 4. The molecule has 0 saturated carbocycles. The van der Waals surface area contributed by atoms with Crippen LogP contribution in [0.4, 0.5) is 11.4 Å². The van der Waals surface area contributed by atoms with Crippen molar-refractivity contribution in [2.24, 2.45) is 0 Å². The topological polar surface area (TPSA) is 62.6 Å². The molecule has 1 aromatic carbocycles. The summed E-state index contributed by atoms with van der Waals surface area (Å²) in [6.07, 6.45) is 5.82. The van der Waals surface area contributed by atoms with Gasteiger partial charge in [-0.1, -0.05) is 0 Å². The molecule has 2 aromatic rings. The SMILES string of the molecule is CCN1C(=O)CCc2cc(NC(=O)/C=C/c3ccco3)ccc21. The van der Waals surface area contributed by atoms with Crippen molar-refractivity contribution in [2.45, 2.75) is 19.8 Å². The van der Waals surface area contributed by atoms with Crippen LogP contribution in [0, 0.1) is 0 Å². The fourth-order valence-electron chi connectivity index (χ4n) is 2.71. The molecule has 2 heterocycles. The average molecular weight is 310 g/mol. The van der Waals surface area contributed by atoms with E-state index in [0.29, 0.717) is 25.1 Å². The fraction of sp³-hybridized carbons (Fsp3) is 0.222. The Morgan fingerprint density at radius 1 is 1.35 bits per heavy atom. The van der Waals surface area contributed by atoms with Gasteiger partial charge in [0.05, 0.1) is 6.26 Å². The maximum absolute atomic E-state index is 11.9. The number of aryl methyl sites for hydroxylation is 1. The van der Waals surface area contributed by atoms with E-state index < -0.39 is 0 Å². The highest BCUT2D eigenvalue weighted by atomic mass is 16.3. The van der Waals surface area contributed by atoms with Gasteiger partial charge in [0.25, 0.3) is 0 Å². The molecule has 1 aliphatic heterocycles. The average Bonchev–Trinajstić information content (AvgIpc) is 3.06. The molecule has 23 heavy (non-hydrogen) atoms. The minimum absolute atomic E-state index is 0.151. The summed E-state index contributed by atoms with van der Waals surface area (Å²) in [5.41, 5.74) is 2.75. The first-order chi connectivity index (χ1) is 11.2.